The van der Waals surface area contributed by atoms with Crippen LogP contribution in [0.15, 0.2) is 60.2 Å². The fraction of sp³-hybridized carbons (Fsp3) is 0.0556. The third-order valence-corrected chi connectivity index (χ3v) is 5.50. The lowest BCUT2D eigenvalue weighted by Gasteiger charge is -2.04. The van der Waals surface area contributed by atoms with Crippen LogP contribution in [-0.4, -0.2) is 15.9 Å². The second-order valence-corrected chi connectivity index (χ2v) is 7.21. The summed E-state index contributed by atoms with van der Waals surface area (Å²) < 4.78 is 1.02. The van der Waals surface area contributed by atoms with E-state index in [-0.39, 0.29) is 5.91 Å². The van der Waals surface area contributed by atoms with Crippen LogP contribution in [0.5, 0.6) is 0 Å². The van der Waals surface area contributed by atoms with Crippen molar-refractivity contribution in [1.29, 1.82) is 0 Å². The summed E-state index contributed by atoms with van der Waals surface area (Å²) in [6.07, 6.45) is 3.61. The van der Waals surface area contributed by atoms with E-state index in [2.05, 4.69) is 27.4 Å². The highest BCUT2D eigenvalue weighted by Gasteiger charge is 2.12. The zero-order valence-corrected chi connectivity index (χ0v) is 14.2. The van der Waals surface area contributed by atoms with Crippen LogP contribution in [0.3, 0.4) is 0 Å². The van der Waals surface area contributed by atoms with Crippen molar-refractivity contribution in [2.24, 2.45) is 0 Å². The number of nitrogens with one attached hydrogen (secondary N) is 1. The molecule has 24 heavy (non-hydrogen) atoms. The summed E-state index contributed by atoms with van der Waals surface area (Å²) in [5.74, 6) is -0.155. The Hall–Kier alpha value is -2.57. The van der Waals surface area contributed by atoms with Gasteiger partial charge in [0.2, 0.25) is 0 Å². The molecule has 1 amide bonds. The Kier molecular flexibility index (Phi) is 4.06. The lowest BCUT2D eigenvalue weighted by atomic mass is 10.2. The van der Waals surface area contributed by atoms with E-state index in [0.717, 1.165) is 21.3 Å². The van der Waals surface area contributed by atoms with Crippen molar-refractivity contribution in [3.8, 4) is 10.4 Å². The Morgan fingerprint density at radius 2 is 2.04 bits per heavy atom. The summed E-state index contributed by atoms with van der Waals surface area (Å²) in [6.45, 7) is 0.432. The third-order valence-electron chi connectivity index (χ3n) is 3.54. The molecule has 0 spiro atoms. The standard InChI is InChI=1S/C18H13N3OS2/c22-17(18-21-14-4-1-2-5-16(14)24-18)20-10-12-8-13(11-19-9-12)15-6-3-7-23-15/h1-9,11H,10H2,(H,20,22). The number of carbonyl (C=O) groups is 1. The molecular formula is C18H13N3OS2. The van der Waals surface area contributed by atoms with E-state index in [9.17, 15) is 4.79 Å². The van der Waals surface area contributed by atoms with Gasteiger partial charge in [0.15, 0.2) is 5.01 Å². The number of aromatic nitrogens is 2. The van der Waals surface area contributed by atoms with Gasteiger partial charge in [0.05, 0.1) is 10.2 Å². The average molecular weight is 351 g/mol. The number of amides is 1. The van der Waals surface area contributed by atoms with Gasteiger partial charge in [-0.2, -0.15) is 0 Å². The number of benzene rings is 1. The topological polar surface area (TPSA) is 54.9 Å². The molecule has 4 rings (SSSR count). The second kappa shape index (κ2) is 6.51. The summed E-state index contributed by atoms with van der Waals surface area (Å²) in [5.41, 5.74) is 2.89. The van der Waals surface area contributed by atoms with E-state index in [4.69, 9.17) is 0 Å². The number of thiazole rings is 1. The van der Waals surface area contributed by atoms with Gasteiger partial charge in [-0.25, -0.2) is 4.98 Å². The fourth-order valence-electron chi connectivity index (χ4n) is 2.39. The normalized spacial score (nSPS) is 10.8. The van der Waals surface area contributed by atoms with E-state index in [1.165, 1.54) is 16.2 Å². The number of fused-ring (bicyclic) bond motifs is 1. The van der Waals surface area contributed by atoms with E-state index in [1.807, 2.05) is 41.9 Å². The first-order valence-electron chi connectivity index (χ1n) is 7.41. The molecule has 0 unspecified atom stereocenters. The lowest BCUT2D eigenvalue weighted by Crippen LogP contribution is -2.22. The van der Waals surface area contributed by atoms with Crippen LogP contribution in [0.25, 0.3) is 20.7 Å². The number of carbonyl (C=O) groups excluding carboxylic acids is 1. The summed E-state index contributed by atoms with van der Waals surface area (Å²) in [7, 11) is 0. The van der Waals surface area contributed by atoms with Crippen LogP contribution in [-0.2, 0) is 6.54 Å². The van der Waals surface area contributed by atoms with Crippen molar-refractivity contribution < 1.29 is 4.79 Å². The molecule has 0 aliphatic heterocycles. The molecule has 0 radical (unpaired) electrons. The summed E-state index contributed by atoms with van der Waals surface area (Å²) in [4.78, 5) is 22.1. The largest absolute Gasteiger partial charge is 0.346 e. The van der Waals surface area contributed by atoms with E-state index in [0.29, 0.717) is 11.6 Å². The van der Waals surface area contributed by atoms with Crippen molar-refractivity contribution in [3.63, 3.8) is 0 Å². The van der Waals surface area contributed by atoms with Gasteiger partial charge in [-0.15, -0.1) is 22.7 Å². The fourth-order valence-corrected chi connectivity index (χ4v) is 3.98. The summed E-state index contributed by atoms with van der Waals surface area (Å²) in [6, 6.07) is 13.9. The quantitative estimate of drug-likeness (QED) is 0.595. The smallest absolute Gasteiger partial charge is 0.280 e. The number of hydrogen-bond acceptors (Lipinski definition) is 5. The van der Waals surface area contributed by atoms with Gasteiger partial charge in [0.25, 0.3) is 5.91 Å². The molecule has 0 aliphatic rings. The molecule has 1 aromatic carbocycles. The molecule has 6 heteroatoms. The first kappa shape index (κ1) is 15.0. The molecular weight excluding hydrogens is 338 g/mol. The molecule has 3 aromatic heterocycles. The second-order valence-electron chi connectivity index (χ2n) is 5.23. The highest BCUT2D eigenvalue weighted by molar-refractivity contribution is 7.20. The molecule has 4 aromatic rings. The highest BCUT2D eigenvalue weighted by Crippen LogP contribution is 2.24. The van der Waals surface area contributed by atoms with Gasteiger partial charge in [-0.05, 0) is 35.2 Å². The number of pyridine rings is 1. The van der Waals surface area contributed by atoms with Crippen LogP contribution in [0, 0.1) is 0 Å². The number of rotatable bonds is 4. The molecule has 0 saturated carbocycles. The van der Waals surface area contributed by atoms with E-state index >= 15 is 0 Å². The predicted octanol–water partition coefficient (Wildman–Crippen LogP) is 4.35. The van der Waals surface area contributed by atoms with Crippen LogP contribution >= 0.6 is 22.7 Å². The van der Waals surface area contributed by atoms with E-state index < -0.39 is 0 Å². The van der Waals surface area contributed by atoms with Crippen LogP contribution in [0.4, 0.5) is 0 Å². The first-order valence-corrected chi connectivity index (χ1v) is 9.11. The molecule has 0 bridgehead atoms. The molecule has 1 N–H and O–H groups in total. The number of thiophene rings is 1. The minimum atomic E-state index is -0.155. The van der Waals surface area contributed by atoms with Gasteiger partial charge in [-0.1, -0.05) is 18.2 Å². The lowest BCUT2D eigenvalue weighted by molar-refractivity contribution is 0.0950. The number of nitrogens with zero attached hydrogens (tertiary/aromatic N) is 2. The maximum Gasteiger partial charge on any atom is 0.280 e. The predicted molar refractivity (Wildman–Crippen MR) is 98.3 cm³/mol. The van der Waals surface area contributed by atoms with Gasteiger partial charge < -0.3 is 5.32 Å². The Bertz CT molecular complexity index is 959. The van der Waals surface area contributed by atoms with Crippen molar-refractivity contribution >= 4 is 38.8 Å². The Morgan fingerprint density at radius 1 is 1.12 bits per heavy atom. The molecule has 0 fully saturated rings. The molecule has 0 atom stereocenters. The molecule has 4 nitrogen and oxygen atoms in total. The van der Waals surface area contributed by atoms with Gasteiger partial charge in [0.1, 0.15) is 0 Å². The molecule has 0 aliphatic carbocycles. The minimum absolute atomic E-state index is 0.155. The summed E-state index contributed by atoms with van der Waals surface area (Å²) in [5, 5.41) is 5.44. The Balaban J connectivity index is 1.48. The van der Waals surface area contributed by atoms with Crippen molar-refractivity contribution in [2.45, 2.75) is 6.54 Å². The maximum absolute atomic E-state index is 12.3. The number of hydrogen-bond donors (Lipinski definition) is 1. The SMILES string of the molecule is O=C(NCc1cncc(-c2cccs2)c1)c1nc2ccccc2s1. The van der Waals surface area contributed by atoms with Gasteiger partial charge in [-0.3, -0.25) is 9.78 Å². The molecule has 0 saturated heterocycles. The van der Waals surface area contributed by atoms with E-state index in [1.54, 1.807) is 17.5 Å². The third kappa shape index (κ3) is 3.06. The first-order chi connectivity index (χ1) is 11.8. The Labute approximate surface area is 146 Å². The average Bonchev–Trinajstić information content (AvgIpc) is 3.29. The zero-order chi connectivity index (χ0) is 16.4. The van der Waals surface area contributed by atoms with Gasteiger partial charge >= 0.3 is 0 Å². The number of para-hydroxylation sites is 1. The zero-order valence-electron chi connectivity index (χ0n) is 12.6. The monoisotopic (exact) mass is 351 g/mol. The molecule has 118 valence electrons. The highest BCUT2D eigenvalue weighted by atomic mass is 32.1. The minimum Gasteiger partial charge on any atom is -0.346 e. The Morgan fingerprint density at radius 3 is 2.88 bits per heavy atom. The summed E-state index contributed by atoms with van der Waals surface area (Å²) >= 11 is 3.08. The van der Waals surface area contributed by atoms with Gasteiger partial charge in [0, 0.05) is 29.4 Å². The van der Waals surface area contributed by atoms with Crippen LogP contribution < -0.4 is 5.32 Å². The molecule has 3 heterocycles. The van der Waals surface area contributed by atoms with Crippen molar-refractivity contribution in [1.82, 2.24) is 15.3 Å². The van der Waals surface area contributed by atoms with Crippen molar-refractivity contribution in [3.05, 3.63) is 70.8 Å². The van der Waals surface area contributed by atoms with Crippen molar-refractivity contribution in [2.75, 3.05) is 0 Å². The van der Waals surface area contributed by atoms with Crippen LogP contribution in [0.2, 0.25) is 0 Å². The van der Waals surface area contributed by atoms with Crippen LogP contribution in [0.1, 0.15) is 15.4 Å². The maximum atomic E-state index is 12.3.